The molecule has 6 nitrogen and oxygen atoms in total. The molecule has 2 N–H and O–H groups in total. The number of β-amino-alcohol motifs (C(OH)–C–C–N with tert-alkyl or cyclic N) is 2. The minimum absolute atomic E-state index is 0.0498. The molecule has 2 aliphatic rings. The van der Waals surface area contributed by atoms with Gasteiger partial charge in [-0.1, -0.05) is 18.9 Å². The van der Waals surface area contributed by atoms with Gasteiger partial charge in [0, 0.05) is 33.1 Å². The molecule has 1 aliphatic carbocycles. The smallest absolute Gasteiger partial charge is 0.219 e. The number of carbonyl (C=O) groups excluding carboxylic acids is 1. The Morgan fingerprint density at radius 2 is 1.68 bits per heavy atom. The SMILES string of the molecule is CC(=O)N1CCN(CC2(O)CCCC2)C[C@@](O)(COc2cc(C)cc(C)c2)C1. The molecule has 0 aromatic heterocycles. The molecule has 156 valence electrons. The van der Waals surface area contributed by atoms with Crippen molar-refractivity contribution >= 4 is 5.91 Å². The van der Waals surface area contributed by atoms with E-state index in [0.717, 1.165) is 42.6 Å². The Bertz CT molecular complexity index is 682. The molecule has 0 spiro atoms. The molecule has 0 radical (unpaired) electrons. The summed E-state index contributed by atoms with van der Waals surface area (Å²) in [6, 6.07) is 5.98. The molecule has 1 aromatic carbocycles. The van der Waals surface area contributed by atoms with Crippen LogP contribution in [0.1, 0.15) is 43.7 Å². The van der Waals surface area contributed by atoms with E-state index in [9.17, 15) is 15.0 Å². The van der Waals surface area contributed by atoms with Crippen LogP contribution in [0.15, 0.2) is 18.2 Å². The van der Waals surface area contributed by atoms with Gasteiger partial charge in [0.2, 0.25) is 5.91 Å². The summed E-state index contributed by atoms with van der Waals surface area (Å²) in [5, 5.41) is 22.2. The van der Waals surface area contributed by atoms with Gasteiger partial charge in [0.1, 0.15) is 18.0 Å². The molecular formula is C22H34N2O4. The van der Waals surface area contributed by atoms with E-state index in [2.05, 4.69) is 11.0 Å². The van der Waals surface area contributed by atoms with Gasteiger partial charge in [0.15, 0.2) is 0 Å². The molecule has 1 atom stereocenters. The molecule has 0 unspecified atom stereocenters. The highest BCUT2D eigenvalue weighted by Gasteiger charge is 2.40. The average Bonchev–Trinajstić information content (AvgIpc) is 2.94. The van der Waals surface area contributed by atoms with Crippen LogP contribution in [0.4, 0.5) is 0 Å². The Hall–Kier alpha value is -1.63. The number of carbonyl (C=O) groups is 1. The summed E-state index contributed by atoms with van der Waals surface area (Å²) in [6.07, 6.45) is 3.70. The van der Waals surface area contributed by atoms with Gasteiger partial charge in [0.05, 0.1) is 12.1 Å². The largest absolute Gasteiger partial charge is 0.490 e. The lowest BCUT2D eigenvalue weighted by Gasteiger charge is -2.35. The lowest BCUT2D eigenvalue weighted by atomic mass is 9.99. The first-order valence-corrected chi connectivity index (χ1v) is 10.3. The van der Waals surface area contributed by atoms with Crippen molar-refractivity contribution in [1.29, 1.82) is 0 Å². The molecule has 1 saturated heterocycles. The predicted octanol–water partition coefficient (Wildman–Crippen LogP) is 1.88. The number of hydrogen-bond acceptors (Lipinski definition) is 5. The number of hydrogen-bond donors (Lipinski definition) is 2. The van der Waals surface area contributed by atoms with Crippen molar-refractivity contribution in [1.82, 2.24) is 9.80 Å². The maximum absolute atomic E-state index is 12.0. The van der Waals surface area contributed by atoms with Crippen molar-refractivity contribution in [2.75, 3.05) is 39.3 Å². The number of nitrogens with zero attached hydrogens (tertiary/aromatic N) is 2. The van der Waals surface area contributed by atoms with Crippen LogP contribution in [0.3, 0.4) is 0 Å². The lowest BCUT2D eigenvalue weighted by Crippen LogP contribution is -2.53. The van der Waals surface area contributed by atoms with Gasteiger partial charge < -0.3 is 19.8 Å². The van der Waals surface area contributed by atoms with Crippen LogP contribution in [0, 0.1) is 13.8 Å². The first kappa shape index (κ1) is 21.1. The summed E-state index contributed by atoms with van der Waals surface area (Å²) in [7, 11) is 0. The molecule has 0 bridgehead atoms. The number of ether oxygens (including phenoxy) is 1. The minimum Gasteiger partial charge on any atom is -0.490 e. The maximum atomic E-state index is 12.0. The topological polar surface area (TPSA) is 73.2 Å². The second-order valence-corrected chi connectivity index (χ2v) is 8.92. The quantitative estimate of drug-likeness (QED) is 0.803. The first-order chi connectivity index (χ1) is 13.2. The molecule has 1 saturated carbocycles. The van der Waals surface area contributed by atoms with Crippen molar-refractivity contribution in [3.8, 4) is 5.75 Å². The van der Waals surface area contributed by atoms with Crippen molar-refractivity contribution in [3.05, 3.63) is 29.3 Å². The molecule has 1 aromatic rings. The lowest BCUT2D eigenvalue weighted by molar-refractivity contribution is -0.132. The Morgan fingerprint density at radius 1 is 1.04 bits per heavy atom. The molecule has 3 rings (SSSR count). The number of aliphatic hydroxyl groups is 2. The third-order valence-electron chi connectivity index (χ3n) is 5.89. The van der Waals surface area contributed by atoms with Crippen LogP contribution in [0.25, 0.3) is 0 Å². The zero-order valence-electron chi connectivity index (χ0n) is 17.4. The Labute approximate surface area is 168 Å². The highest BCUT2D eigenvalue weighted by atomic mass is 16.5. The van der Waals surface area contributed by atoms with E-state index in [-0.39, 0.29) is 19.1 Å². The van der Waals surface area contributed by atoms with E-state index in [0.29, 0.717) is 26.2 Å². The fraction of sp³-hybridized carbons (Fsp3) is 0.682. The highest BCUT2D eigenvalue weighted by Crippen LogP contribution is 2.31. The Kier molecular flexibility index (Phi) is 6.32. The maximum Gasteiger partial charge on any atom is 0.219 e. The molecule has 1 aliphatic heterocycles. The number of aryl methyl sites for hydroxylation is 2. The van der Waals surface area contributed by atoms with Gasteiger partial charge in [-0.3, -0.25) is 9.69 Å². The molecule has 1 amide bonds. The molecule has 6 heteroatoms. The van der Waals surface area contributed by atoms with Crippen LogP contribution in [0.2, 0.25) is 0 Å². The van der Waals surface area contributed by atoms with Crippen molar-refractivity contribution < 1.29 is 19.7 Å². The summed E-state index contributed by atoms with van der Waals surface area (Å²) >= 11 is 0. The normalized spacial score (nSPS) is 25.5. The van der Waals surface area contributed by atoms with Crippen molar-refractivity contribution in [3.63, 3.8) is 0 Å². The fourth-order valence-electron chi connectivity index (χ4n) is 4.58. The monoisotopic (exact) mass is 390 g/mol. The van der Waals surface area contributed by atoms with Gasteiger partial charge in [0.25, 0.3) is 0 Å². The number of benzene rings is 1. The van der Waals surface area contributed by atoms with Gasteiger partial charge in [-0.15, -0.1) is 0 Å². The van der Waals surface area contributed by atoms with Gasteiger partial charge in [-0.25, -0.2) is 0 Å². The van der Waals surface area contributed by atoms with Crippen molar-refractivity contribution in [2.45, 2.75) is 57.7 Å². The summed E-state index contributed by atoms with van der Waals surface area (Å²) < 4.78 is 5.96. The third-order valence-corrected chi connectivity index (χ3v) is 5.89. The van der Waals surface area contributed by atoms with Crippen LogP contribution in [-0.4, -0.2) is 76.5 Å². The summed E-state index contributed by atoms with van der Waals surface area (Å²) in [4.78, 5) is 15.8. The van der Waals surface area contributed by atoms with E-state index in [1.807, 2.05) is 26.0 Å². The van der Waals surface area contributed by atoms with E-state index in [4.69, 9.17) is 4.74 Å². The molecule has 1 heterocycles. The van der Waals surface area contributed by atoms with Gasteiger partial charge in [-0.2, -0.15) is 0 Å². The molecule has 2 fully saturated rings. The Morgan fingerprint density at radius 3 is 2.29 bits per heavy atom. The summed E-state index contributed by atoms with van der Waals surface area (Å²) in [5.41, 5.74) is 0.354. The highest BCUT2D eigenvalue weighted by molar-refractivity contribution is 5.73. The zero-order chi connectivity index (χ0) is 20.4. The van der Waals surface area contributed by atoms with E-state index in [1.54, 1.807) is 4.90 Å². The van der Waals surface area contributed by atoms with Crippen molar-refractivity contribution in [2.24, 2.45) is 0 Å². The second-order valence-electron chi connectivity index (χ2n) is 8.92. The van der Waals surface area contributed by atoms with Gasteiger partial charge >= 0.3 is 0 Å². The average molecular weight is 391 g/mol. The summed E-state index contributed by atoms with van der Waals surface area (Å²) in [6.45, 7) is 8.02. The first-order valence-electron chi connectivity index (χ1n) is 10.3. The van der Waals surface area contributed by atoms with E-state index in [1.165, 1.54) is 6.92 Å². The minimum atomic E-state index is -1.19. The number of rotatable bonds is 5. The van der Waals surface area contributed by atoms with Crippen LogP contribution < -0.4 is 4.74 Å². The standard InChI is InChI=1S/C22H34N2O4/c1-17-10-18(2)12-20(11-17)28-16-22(27)14-23(8-9-24(15-22)19(3)25)13-21(26)6-4-5-7-21/h10-12,26-27H,4-9,13-16H2,1-3H3/t22-/m0/s1. The Balaban J connectivity index is 1.72. The zero-order valence-corrected chi connectivity index (χ0v) is 17.4. The molecule has 28 heavy (non-hydrogen) atoms. The number of amides is 1. The van der Waals surface area contributed by atoms with E-state index < -0.39 is 11.2 Å². The molecular weight excluding hydrogens is 356 g/mol. The van der Waals surface area contributed by atoms with Crippen LogP contribution in [-0.2, 0) is 4.79 Å². The van der Waals surface area contributed by atoms with Crippen LogP contribution >= 0.6 is 0 Å². The van der Waals surface area contributed by atoms with E-state index >= 15 is 0 Å². The van der Waals surface area contributed by atoms with Gasteiger partial charge in [-0.05, 0) is 49.9 Å². The summed E-state index contributed by atoms with van der Waals surface area (Å²) in [5.74, 6) is 0.678. The van der Waals surface area contributed by atoms with Crippen LogP contribution in [0.5, 0.6) is 5.75 Å². The predicted molar refractivity (Wildman–Crippen MR) is 108 cm³/mol. The fourth-order valence-corrected chi connectivity index (χ4v) is 4.58. The third kappa shape index (κ3) is 5.46. The second kappa shape index (κ2) is 8.39.